The maximum atomic E-state index is 12.4. The van der Waals surface area contributed by atoms with E-state index in [-0.39, 0.29) is 12.4 Å². The first kappa shape index (κ1) is 16.6. The maximum absolute atomic E-state index is 12.4. The van der Waals surface area contributed by atoms with E-state index in [1.165, 1.54) is 13.2 Å². The molecular weight excluding hydrogens is 322 g/mol. The molecule has 0 saturated carbocycles. The summed E-state index contributed by atoms with van der Waals surface area (Å²) in [6.45, 7) is 1.85. The number of nitrogens with one attached hydrogen (secondary N) is 1. The third-order valence-electron chi connectivity index (χ3n) is 3.92. The Morgan fingerprint density at radius 1 is 1.08 bits per heavy atom. The quantitative estimate of drug-likeness (QED) is 0.712. The summed E-state index contributed by atoms with van der Waals surface area (Å²) in [5, 5.41) is 10.3. The summed E-state index contributed by atoms with van der Waals surface area (Å²) in [6, 6.07) is 11.4. The maximum Gasteiger partial charge on any atom is 0.340 e. The number of aromatic nitrogens is 1. The Kier molecular flexibility index (Phi) is 4.43. The zero-order valence-corrected chi connectivity index (χ0v) is 13.8. The second-order valence-corrected chi connectivity index (χ2v) is 5.62. The van der Waals surface area contributed by atoms with Crippen LogP contribution >= 0.6 is 0 Å². The van der Waals surface area contributed by atoms with Crippen molar-refractivity contribution < 1.29 is 24.2 Å². The van der Waals surface area contributed by atoms with Crippen LogP contribution < -0.4 is 0 Å². The lowest BCUT2D eigenvalue weighted by Gasteiger charge is -2.06. The second-order valence-electron chi connectivity index (χ2n) is 5.62. The van der Waals surface area contributed by atoms with Gasteiger partial charge in [-0.1, -0.05) is 12.1 Å². The van der Waals surface area contributed by atoms with Crippen LogP contribution in [-0.4, -0.2) is 29.1 Å². The molecule has 6 heteroatoms. The molecule has 1 heterocycles. The van der Waals surface area contributed by atoms with Crippen LogP contribution in [0.5, 0.6) is 5.75 Å². The van der Waals surface area contributed by atoms with Crippen LogP contribution in [-0.2, 0) is 16.1 Å². The first-order valence-electron chi connectivity index (χ1n) is 7.65. The average Bonchev–Trinajstić information content (AvgIpc) is 2.94. The van der Waals surface area contributed by atoms with E-state index in [2.05, 4.69) is 9.72 Å². The summed E-state index contributed by atoms with van der Waals surface area (Å²) >= 11 is 0. The first-order valence-corrected chi connectivity index (χ1v) is 7.65. The smallest absolute Gasteiger partial charge is 0.340 e. The molecule has 0 saturated heterocycles. The Bertz CT molecular complexity index is 940. The number of aromatic amines is 1. The van der Waals surface area contributed by atoms with Gasteiger partial charge in [-0.2, -0.15) is 0 Å². The Morgan fingerprint density at radius 2 is 1.80 bits per heavy atom. The molecule has 1 aromatic heterocycles. The molecule has 0 amide bonds. The largest absolute Gasteiger partial charge is 0.508 e. The van der Waals surface area contributed by atoms with Crippen LogP contribution in [0.3, 0.4) is 0 Å². The van der Waals surface area contributed by atoms with Crippen molar-refractivity contribution in [2.75, 3.05) is 7.11 Å². The van der Waals surface area contributed by atoms with Crippen molar-refractivity contribution in [3.05, 3.63) is 64.8 Å². The molecule has 0 spiro atoms. The third kappa shape index (κ3) is 3.33. The van der Waals surface area contributed by atoms with Gasteiger partial charge < -0.3 is 19.6 Å². The number of carbonyl (C=O) groups excluding carboxylic acids is 2. The van der Waals surface area contributed by atoms with Crippen molar-refractivity contribution in [1.29, 1.82) is 0 Å². The SMILES string of the molecule is COC(=O)c1ccc(COC(=O)c2c(C)[nH]c3ccc(O)cc23)cc1. The van der Waals surface area contributed by atoms with Gasteiger partial charge in [-0.05, 0) is 42.8 Å². The van der Waals surface area contributed by atoms with Gasteiger partial charge in [0.1, 0.15) is 12.4 Å². The number of esters is 2. The average molecular weight is 339 g/mol. The van der Waals surface area contributed by atoms with E-state index in [1.54, 1.807) is 43.3 Å². The van der Waals surface area contributed by atoms with Crippen LogP contribution in [0, 0.1) is 6.92 Å². The molecular formula is C19H17NO5. The van der Waals surface area contributed by atoms with Crippen LogP contribution in [0.2, 0.25) is 0 Å². The number of aryl methyl sites for hydroxylation is 1. The Balaban J connectivity index is 1.76. The van der Waals surface area contributed by atoms with Gasteiger partial charge in [0.25, 0.3) is 0 Å². The summed E-state index contributed by atoms with van der Waals surface area (Å²) in [7, 11) is 1.32. The van der Waals surface area contributed by atoms with Crippen molar-refractivity contribution in [3.8, 4) is 5.75 Å². The molecule has 0 radical (unpaired) electrons. The zero-order valence-electron chi connectivity index (χ0n) is 13.8. The van der Waals surface area contributed by atoms with E-state index >= 15 is 0 Å². The van der Waals surface area contributed by atoms with Gasteiger partial charge >= 0.3 is 11.9 Å². The molecule has 3 rings (SSSR count). The van der Waals surface area contributed by atoms with Crippen LogP contribution in [0.1, 0.15) is 32.0 Å². The van der Waals surface area contributed by atoms with Gasteiger partial charge in [0.05, 0.1) is 18.2 Å². The van der Waals surface area contributed by atoms with Crippen molar-refractivity contribution in [3.63, 3.8) is 0 Å². The molecule has 0 aliphatic heterocycles. The highest BCUT2D eigenvalue weighted by Crippen LogP contribution is 2.26. The second kappa shape index (κ2) is 6.68. The number of ether oxygens (including phenoxy) is 2. The van der Waals surface area contributed by atoms with E-state index in [0.29, 0.717) is 22.2 Å². The molecule has 0 aliphatic carbocycles. The van der Waals surface area contributed by atoms with Gasteiger partial charge in [-0.15, -0.1) is 0 Å². The van der Waals surface area contributed by atoms with Gasteiger partial charge in [0.15, 0.2) is 0 Å². The number of hydrogen-bond acceptors (Lipinski definition) is 5. The van der Waals surface area contributed by atoms with Crippen molar-refractivity contribution >= 4 is 22.8 Å². The fraction of sp³-hybridized carbons (Fsp3) is 0.158. The van der Waals surface area contributed by atoms with Crippen molar-refractivity contribution in [1.82, 2.24) is 4.98 Å². The number of benzene rings is 2. The minimum atomic E-state index is -0.480. The lowest BCUT2D eigenvalue weighted by molar-refractivity contribution is 0.0473. The van der Waals surface area contributed by atoms with Crippen LogP contribution in [0.4, 0.5) is 0 Å². The van der Waals surface area contributed by atoms with Crippen molar-refractivity contribution in [2.24, 2.45) is 0 Å². The molecule has 128 valence electrons. The highest BCUT2D eigenvalue weighted by Gasteiger charge is 2.18. The van der Waals surface area contributed by atoms with E-state index < -0.39 is 11.9 Å². The zero-order chi connectivity index (χ0) is 18.0. The Hall–Kier alpha value is -3.28. The Labute approximate surface area is 144 Å². The standard InChI is InChI=1S/C19H17NO5/c1-11-17(15-9-14(21)7-8-16(15)20-11)19(23)25-10-12-3-5-13(6-4-12)18(22)24-2/h3-9,20-21H,10H2,1-2H3. The fourth-order valence-electron chi connectivity index (χ4n) is 2.65. The van der Waals surface area contributed by atoms with E-state index in [1.807, 2.05) is 0 Å². The number of phenolic OH excluding ortho intramolecular Hbond substituents is 1. The predicted octanol–water partition coefficient (Wildman–Crippen LogP) is 3.33. The third-order valence-corrected chi connectivity index (χ3v) is 3.92. The topological polar surface area (TPSA) is 88.6 Å². The molecule has 2 N–H and O–H groups in total. The summed E-state index contributed by atoms with van der Waals surface area (Å²) in [5.41, 5.74) is 3.01. The Morgan fingerprint density at radius 3 is 2.48 bits per heavy atom. The lowest BCUT2D eigenvalue weighted by atomic mass is 10.1. The first-order chi connectivity index (χ1) is 12.0. The van der Waals surface area contributed by atoms with E-state index in [9.17, 15) is 14.7 Å². The van der Waals surface area contributed by atoms with Gasteiger partial charge in [0.2, 0.25) is 0 Å². The predicted molar refractivity (Wildman–Crippen MR) is 91.6 cm³/mol. The monoisotopic (exact) mass is 339 g/mol. The molecule has 2 aromatic carbocycles. The van der Waals surface area contributed by atoms with E-state index in [0.717, 1.165) is 11.1 Å². The molecule has 0 bridgehead atoms. The molecule has 0 fully saturated rings. The number of aromatic hydroxyl groups is 1. The number of methoxy groups -OCH3 is 1. The lowest BCUT2D eigenvalue weighted by Crippen LogP contribution is -2.07. The summed E-state index contributed by atoms with van der Waals surface area (Å²) in [6.07, 6.45) is 0. The number of hydrogen-bond donors (Lipinski definition) is 2. The normalized spacial score (nSPS) is 10.6. The molecule has 0 atom stereocenters. The number of rotatable bonds is 4. The minimum Gasteiger partial charge on any atom is -0.508 e. The molecule has 0 aliphatic rings. The van der Waals surface area contributed by atoms with Gasteiger partial charge in [-0.3, -0.25) is 0 Å². The molecule has 0 unspecified atom stereocenters. The van der Waals surface area contributed by atoms with Crippen LogP contribution in [0.25, 0.3) is 10.9 Å². The fourth-order valence-corrected chi connectivity index (χ4v) is 2.65. The van der Waals surface area contributed by atoms with Gasteiger partial charge in [0, 0.05) is 16.6 Å². The van der Waals surface area contributed by atoms with Crippen LogP contribution in [0.15, 0.2) is 42.5 Å². The molecule has 3 aromatic rings. The number of carbonyl (C=O) groups is 2. The number of H-pyrrole nitrogens is 1. The summed E-state index contributed by atoms with van der Waals surface area (Å²) < 4.78 is 10.0. The van der Waals surface area contributed by atoms with E-state index in [4.69, 9.17) is 4.74 Å². The minimum absolute atomic E-state index is 0.0746. The summed E-state index contributed by atoms with van der Waals surface area (Å²) in [5.74, 6) is -0.817. The molecule has 6 nitrogen and oxygen atoms in total. The molecule has 25 heavy (non-hydrogen) atoms. The van der Waals surface area contributed by atoms with Gasteiger partial charge in [-0.25, -0.2) is 9.59 Å². The highest BCUT2D eigenvalue weighted by atomic mass is 16.5. The number of fused-ring (bicyclic) bond motifs is 1. The summed E-state index contributed by atoms with van der Waals surface area (Å²) in [4.78, 5) is 26.9. The van der Waals surface area contributed by atoms with Crippen molar-refractivity contribution in [2.45, 2.75) is 13.5 Å². The number of phenols is 1. The highest BCUT2D eigenvalue weighted by molar-refractivity contribution is 6.05.